The van der Waals surface area contributed by atoms with Gasteiger partial charge in [0.15, 0.2) is 0 Å². The fourth-order valence-electron chi connectivity index (χ4n) is 3.07. The van der Waals surface area contributed by atoms with Gasteiger partial charge in [0, 0.05) is 17.1 Å². The van der Waals surface area contributed by atoms with Gasteiger partial charge in [-0.25, -0.2) is 0 Å². The molecule has 2 saturated heterocycles. The molecular formula is C12H15ClN2. The van der Waals surface area contributed by atoms with E-state index < -0.39 is 0 Å². The van der Waals surface area contributed by atoms with Crippen molar-refractivity contribution in [3.05, 3.63) is 34.9 Å². The molecule has 2 heterocycles. The fraction of sp³-hybridized carbons (Fsp3) is 0.500. The van der Waals surface area contributed by atoms with E-state index in [0.29, 0.717) is 12.1 Å². The summed E-state index contributed by atoms with van der Waals surface area (Å²) in [4.78, 5) is 0. The molecule has 2 bridgehead atoms. The van der Waals surface area contributed by atoms with E-state index in [-0.39, 0.29) is 5.54 Å². The molecule has 0 spiro atoms. The Morgan fingerprint density at radius 1 is 1.33 bits per heavy atom. The van der Waals surface area contributed by atoms with E-state index in [4.69, 9.17) is 17.3 Å². The van der Waals surface area contributed by atoms with E-state index in [1.807, 2.05) is 18.2 Å². The minimum Gasteiger partial charge on any atom is -0.320 e. The molecule has 2 nitrogen and oxygen atoms in total. The van der Waals surface area contributed by atoms with Crippen LogP contribution in [0, 0.1) is 0 Å². The van der Waals surface area contributed by atoms with Crippen molar-refractivity contribution in [1.82, 2.24) is 5.32 Å². The number of nitrogens with two attached hydrogens (primary N) is 1. The highest BCUT2D eigenvalue weighted by Crippen LogP contribution is 2.43. The zero-order valence-corrected chi connectivity index (χ0v) is 9.30. The summed E-state index contributed by atoms with van der Waals surface area (Å²) in [6, 6.07) is 8.96. The van der Waals surface area contributed by atoms with Crippen LogP contribution in [-0.2, 0) is 5.54 Å². The summed E-state index contributed by atoms with van der Waals surface area (Å²) in [6.07, 6.45) is 3.45. The Bertz CT molecular complexity index is 393. The van der Waals surface area contributed by atoms with Gasteiger partial charge in [0.25, 0.3) is 0 Å². The van der Waals surface area contributed by atoms with Crippen LogP contribution in [0.3, 0.4) is 0 Å². The van der Waals surface area contributed by atoms with Crippen molar-refractivity contribution in [1.29, 1.82) is 0 Å². The largest absolute Gasteiger partial charge is 0.320 e. The third-order valence-electron chi connectivity index (χ3n) is 3.82. The SMILES string of the molecule is NC1(c2ccccc2Cl)CC2CCC1N2. The number of nitrogens with one attached hydrogen (secondary N) is 1. The van der Waals surface area contributed by atoms with Crippen LogP contribution in [0.2, 0.25) is 5.02 Å². The first kappa shape index (κ1) is 9.64. The molecule has 80 valence electrons. The minimum absolute atomic E-state index is 0.249. The van der Waals surface area contributed by atoms with Crippen LogP contribution in [0.1, 0.15) is 24.8 Å². The maximum atomic E-state index is 6.52. The van der Waals surface area contributed by atoms with Gasteiger partial charge in [-0.2, -0.15) is 0 Å². The summed E-state index contributed by atoms with van der Waals surface area (Å²) in [5.41, 5.74) is 7.37. The van der Waals surface area contributed by atoms with Crippen molar-refractivity contribution in [2.75, 3.05) is 0 Å². The Morgan fingerprint density at radius 2 is 2.13 bits per heavy atom. The van der Waals surface area contributed by atoms with Gasteiger partial charge in [-0.1, -0.05) is 29.8 Å². The highest BCUT2D eigenvalue weighted by Gasteiger charge is 2.49. The van der Waals surface area contributed by atoms with Crippen molar-refractivity contribution >= 4 is 11.6 Å². The first-order valence-electron chi connectivity index (χ1n) is 5.50. The van der Waals surface area contributed by atoms with Gasteiger partial charge < -0.3 is 11.1 Å². The lowest BCUT2D eigenvalue weighted by Gasteiger charge is -2.33. The predicted octanol–water partition coefficient (Wildman–Crippen LogP) is 2.02. The lowest BCUT2D eigenvalue weighted by atomic mass is 9.77. The molecular weight excluding hydrogens is 208 g/mol. The normalized spacial score (nSPS) is 38.5. The molecule has 0 amide bonds. The van der Waals surface area contributed by atoms with Gasteiger partial charge >= 0.3 is 0 Å². The van der Waals surface area contributed by atoms with E-state index in [9.17, 15) is 0 Å². The molecule has 3 N–H and O–H groups in total. The van der Waals surface area contributed by atoms with E-state index >= 15 is 0 Å². The number of halogens is 1. The van der Waals surface area contributed by atoms with Crippen LogP contribution < -0.4 is 11.1 Å². The highest BCUT2D eigenvalue weighted by molar-refractivity contribution is 6.31. The molecule has 1 aromatic rings. The summed E-state index contributed by atoms with van der Waals surface area (Å²) in [5, 5.41) is 4.36. The smallest absolute Gasteiger partial charge is 0.0594 e. The molecule has 2 aliphatic rings. The monoisotopic (exact) mass is 222 g/mol. The molecule has 3 heteroatoms. The van der Waals surface area contributed by atoms with Crippen LogP contribution in [-0.4, -0.2) is 12.1 Å². The molecule has 3 unspecified atom stereocenters. The Kier molecular flexibility index (Phi) is 2.06. The Hall–Kier alpha value is -0.570. The third-order valence-corrected chi connectivity index (χ3v) is 4.15. The number of benzene rings is 1. The van der Waals surface area contributed by atoms with Crippen LogP contribution in [0.15, 0.2) is 24.3 Å². The van der Waals surface area contributed by atoms with Crippen LogP contribution >= 0.6 is 11.6 Å². The van der Waals surface area contributed by atoms with Gasteiger partial charge in [-0.05, 0) is 30.9 Å². The van der Waals surface area contributed by atoms with Crippen LogP contribution in [0.4, 0.5) is 0 Å². The standard InChI is InChI=1S/C12H15ClN2/c13-10-4-2-1-3-9(10)12(14)7-8-5-6-11(12)15-8/h1-4,8,11,15H,5-7,14H2. The zero-order valence-electron chi connectivity index (χ0n) is 8.54. The Labute approximate surface area is 94.8 Å². The van der Waals surface area contributed by atoms with Crippen molar-refractivity contribution in [2.24, 2.45) is 5.73 Å². The number of hydrogen-bond acceptors (Lipinski definition) is 2. The van der Waals surface area contributed by atoms with E-state index in [2.05, 4.69) is 11.4 Å². The minimum atomic E-state index is -0.249. The number of fused-ring (bicyclic) bond motifs is 2. The summed E-state index contributed by atoms with van der Waals surface area (Å²) in [6.45, 7) is 0. The molecule has 3 rings (SSSR count). The van der Waals surface area contributed by atoms with Gasteiger partial charge in [-0.3, -0.25) is 0 Å². The first-order valence-corrected chi connectivity index (χ1v) is 5.88. The number of rotatable bonds is 1. The summed E-state index contributed by atoms with van der Waals surface area (Å²) in [7, 11) is 0. The second-order valence-electron chi connectivity index (χ2n) is 4.72. The highest BCUT2D eigenvalue weighted by atomic mass is 35.5. The molecule has 0 aliphatic carbocycles. The maximum Gasteiger partial charge on any atom is 0.0594 e. The molecule has 0 saturated carbocycles. The molecule has 15 heavy (non-hydrogen) atoms. The van der Waals surface area contributed by atoms with Gasteiger partial charge in [0.1, 0.15) is 0 Å². The van der Waals surface area contributed by atoms with Crippen LogP contribution in [0.5, 0.6) is 0 Å². The summed E-state index contributed by atoms with van der Waals surface area (Å²) in [5.74, 6) is 0. The van der Waals surface area contributed by atoms with Gasteiger partial charge in [0.2, 0.25) is 0 Å². The molecule has 1 aromatic carbocycles. The maximum absolute atomic E-state index is 6.52. The van der Waals surface area contributed by atoms with E-state index in [0.717, 1.165) is 17.0 Å². The lowest BCUT2D eigenvalue weighted by Crippen LogP contribution is -2.47. The van der Waals surface area contributed by atoms with Crippen molar-refractivity contribution < 1.29 is 0 Å². The van der Waals surface area contributed by atoms with Gasteiger partial charge in [0.05, 0.1) is 5.54 Å². The predicted molar refractivity (Wildman–Crippen MR) is 61.9 cm³/mol. The second-order valence-corrected chi connectivity index (χ2v) is 5.13. The molecule has 2 aliphatic heterocycles. The van der Waals surface area contributed by atoms with Crippen molar-refractivity contribution in [3.8, 4) is 0 Å². The summed E-state index contributed by atoms with van der Waals surface area (Å²) < 4.78 is 0. The van der Waals surface area contributed by atoms with Gasteiger partial charge in [-0.15, -0.1) is 0 Å². The third kappa shape index (κ3) is 1.32. The second kappa shape index (κ2) is 3.21. The molecule has 3 atom stereocenters. The van der Waals surface area contributed by atoms with E-state index in [1.165, 1.54) is 12.8 Å². The average Bonchev–Trinajstić information content (AvgIpc) is 2.78. The quantitative estimate of drug-likeness (QED) is 0.763. The molecule has 2 fully saturated rings. The van der Waals surface area contributed by atoms with E-state index in [1.54, 1.807) is 0 Å². The fourth-order valence-corrected chi connectivity index (χ4v) is 3.38. The van der Waals surface area contributed by atoms with Crippen molar-refractivity contribution in [2.45, 2.75) is 36.9 Å². The summed E-state index contributed by atoms with van der Waals surface area (Å²) >= 11 is 6.22. The van der Waals surface area contributed by atoms with Crippen molar-refractivity contribution in [3.63, 3.8) is 0 Å². The zero-order chi connectivity index (χ0) is 10.5. The Morgan fingerprint density at radius 3 is 2.73 bits per heavy atom. The Balaban J connectivity index is 2.04. The first-order chi connectivity index (χ1) is 7.20. The molecule has 0 aromatic heterocycles. The number of hydrogen-bond donors (Lipinski definition) is 2. The average molecular weight is 223 g/mol. The lowest BCUT2D eigenvalue weighted by molar-refractivity contribution is 0.343. The van der Waals surface area contributed by atoms with Crippen LogP contribution in [0.25, 0.3) is 0 Å². The topological polar surface area (TPSA) is 38.0 Å². The molecule has 0 radical (unpaired) electrons.